The summed E-state index contributed by atoms with van der Waals surface area (Å²) >= 11 is 5.82. The molecule has 0 fully saturated rings. The van der Waals surface area contributed by atoms with Gasteiger partial charge in [-0.2, -0.15) is 5.10 Å². The molecule has 0 amide bonds. The number of aromatic nitrogens is 2. The van der Waals surface area contributed by atoms with Crippen molar-refractivity contribution in [3.63, 3.8) is 0 Å². The van der Waals surface area contributed by atoms with Gasteiger partial charge in [0.2, 0.25) is 0 Å². The van der Waals surface area contributed by atoms with Crippen LogP contribution < -0.4 is 0 Å². The quantitative estimate of drug-likeness (QED) is 0.550. The molecule has 0 bridgehead atoms. The molecule has 0 saturated carbocycles. The molecule has 1 heterocycles. The van der Waals surface area contributed by atoms with E-state index in [0.717, 1.165) is 0 Å². The molecule has 1 aromatic heterocycles. The van der Waals surface area contributed by atoms with E-state index >= 15 is 0 Å². The molecule has 0 aromatic carbocycles. The first-order valence-electron chi connectivity index (χ1n) is 4.06. The Morgan fingerprint density at radius 1 is 1.85 bits per heavy atom. The van der Waals surface area contributed by atoms with Gasteiger partial charge in [0.15, 0.2) is 5.78 Å². The number of hydrogen-bond acceptors (Lipinski definition) is 2. The second-order valence-corrected chi connectivity index (χ2v) is 2.98. The Morgan fingerprint density at radius 3 is 3.08 bits per heavy atom. The van der Waals surface area contributed by atoms with Crippen molar-refractivity contribution in [1.29, 1.82) is 0 Å². The Labute approximate surface area is 82.0 Å². The van der Waals surface area contributed by atoms with Crippen molar-refractivity contribution >= 4 is 17.4 Å². The summed E-state index contributed by atoms with van der Waals surface area (Å²) < 4.78 is 1.59. The van der Waals surface area contributed by atoms with Crippen LogP contribution in [0.1, 0.15) is 23.8 Å². The van der Waals surface area contributed by atoms with Crippen LogP contribution in [-0.2, 0) is 6.54 Å². The number of rotatable bonds is 4. The number of carbonyl (C=O) groups is 1. The van der Waals surface area contributed by atoms with Crippen LogP contribution in [-0.4, -0.2) is 15.6 Å². The summed E-state index contributed by atoms with van der Waals surface area (Å²) in [5.74, 6) is -0.0423. The van der Waals surface area contributed by atoms with Crippen molar-refractivity contribution in [1.82, 2.24) is 9.78 Å². The summed E-state index contributed by atoms with van der Waals surface area (Å²) in [6.07, 6.45) is 3.35. The fraction of sp³-hybridized carbons (Fsp3) is 0.333. The summed E-state index contributed by atoms with van der Waals surface area (Å²) in [5, 5.41) is 4.38. The van der Waals surface area contributed by atoms with Crippen LogP contribution in [0.4, 0.5) is 0 Å². The monoisotopic (exact) mass is 198 g/mol. The molecule has 0 aliphatic carbocycles. The minimum atomic E-state index is -0.0423. The maximum atomic E-state index is 11.5. The maximum Gasteiger partial charge on any atom is 0.186 e. The standard InChI is InChI=1S/C9H11ClN2O/c1-3-5-8(13)9-7(10)6-11-12(9)4-2/h3,6H,1,4-5H2,2H3. The molecule has 0 unspecified atom stereocenters. The van der Waals surface area contributed by atoms with Gasteiger partial charge in [0, 0.05) is 13.0 Å². The topological polar surface area (TPSA) is 34.9 Å². The number of aryl methyl sites for hydroxylation is 1. The molecule has 0 spiro atoms. The zero-order valence-electron chi connectivity index (χ0n) is 7.46. The Hall–Kier alpha value is -1.09. The van der Waals surface area contributed by atoms with Gasteiger partial charge in [-0.05, 0) is 6.92 Å². The first-order valence-corrected chi connectivity index (χ1v) is 4.43. The van der Waals surface area contributed by atoms with E-state index in [1.165, 1.54) is 6.20 Å². The highest BCUT2D eigenvalue weighted by Gasteiger charge is 2.14. The average Bonchev–Trinajstić information content (AvgIpc) is 2.47. The molecule has 4 heteroatoms. The summed E-state index contributed by atoms with van der Waals surface area (Å²) in [4.78, 5) is 11.5. The lowest BCUT2D eigenvalue weighted by molar-refractivity contribution is 0.0986. The van der Waals surface area contributed by atoms with E-state index in [-0.39, 0.29) is 5.78 Å². The molecule has 0 aliphatic heterocycles. The number of allylic oxidation sites excluding steroid dienone is 1. The summed E-state index contributed by atoms with van der Waals surface area (Å²) in [5.41, 5.74) is 0.476. The number of ketones is 1. The van der Waals surface area contributed by atoms with Crippen molar-refractivity contribution in [3.05, 3.63) is 29.6 Å². The highest BCUT2D eigenvalue weighted by Crippen LogP contribution is 2.16. The van der Waals surface area contributed by atoms with Crippen LogP contribution in [0.15, 0.2) is 18.9 Å². The Balaban J connectivity index is 3.03. The lowest BCUT2D eigenvalue weighted by Gasteiger charge is -2.01. The minimum Gasteiger partial charge on any atom is -0.292 e. The molecule has 0 N–H and O–H groups in total. The van der Waals surface area contributed by atoms with Crippen molar-refractivity contribution < 1.29 is 4.79 Å². The zero-order valence-corrected chi connectivity index (χ0v) is 8.21. The molecule has 13 heavy (non-hydrogen) atoms. The maximum absolute atomic E-state index is 11.5. The summed E-state index contributed by atoms with van der Waals surface area (Å²) in [6.45, 7) is 6.06. The van der Waals surface area contributed by atoms with Gasteiger partial charge in [-0.25, -0.2) is 0 Å². The van der Waals surface area contributed by atoms with E-state index in [2.05, 4.69) is 11.7 Å². The van der Waals surface area contributed by atoms with Crippen LogP contribution in [0.2, 0.25) is 5.02 Å². The number of Topliss-reactive ketones (excluding diaryl/α,β-unsaturated/α-hetero) is 1. The van der Waals surface area contributed by atoms with Crippen LogP contribution in [0.3, 0.4) is 0 Å². The molecular weight excluding hydrogens is 188 g/mol. The van der Waals surface area contributed by atoms with Crippen molar-refractivity contribution in [2.24, 2.45) is 0 Å². The third-order valence-corrected chi connectivity index (χ3v) is 1.96. The van der Waals surface area contributed by atoms with Gasteiger partial charge in [0.05, 0.1) is 11.2 Å². The smallest absolute Gasteiger partial charge is 0.186 e. The summed E-state index contributed by atoms with van der Waals surface area (Å²) in [6, 6.07) is 0. The highest BCUT2D eigenvalue weighted by molar-refractivity contribution is 6.33. The Morgan fingerprint density at radius 2 is 2.54 bits per heavy atom. The van der Waals surface area contributed by atoms with Gasteiger partial charge in [-0.3, -0.25) is 9.48 Å². The van der Waals surface area contributed by atoms with Gasteiger partial charge >= 0.3 is 0 Å². The van der Waals surface area contributed by atoms with Gasteiger partial charge < -0.3 is 0 Å². The normalized spacial score (nSPS) is 10.0. The van der Waals surface area contributed by atoms with Crippen LogP contribution >= 0.6 is 11.6 Å². The molecule has 70 valence electrons. The molecule has 3 nitrogen and oxygen atoms in total. The van der Waals surface area contributed by atoms with Crippen LogP contribution in [0.5, 0.6) is 0 Å². The molecule has 0 saturated heterocycles. The Bertz CT molecular complexity index is 330. The SMILES string of the molecule is C=CCC(=O)c1c(Cl)cnn1CC. The summed E-state index contributed by atoms with van der Waals surface area (Å²) in [7, 11) is 0. The lowest BCUT2D eigenvalue weighted by Crippen LogP contribution is -2.09. The lowest BCUT2D eigenvalue weighted by atomic mass is 10.2. The molecule has 0 radical (unpaired) electrons. The fourth-order valence-electron chi connectivity index (χ4n) is 1.11. The molecular formula is C9H11ClN2O. The highest BCUT2D eigenvalue weighted by atomic mass is 35.5. The third-order valence-electron chi connectivity index (χ3n) is 1.69. The first-order chi connectivity index (χ1) is 6.20. The van der Waals surface area contributed by atoms with E-state index < -0.39 is 0 Å². The third kappa shape index (κ3) is 1.98. The van der Waals surface area contributed by atoms with Crippen LogP contribution in [0, 0.1) is 0 Å². The van der Waals surface area contributed by atoms with E-state index in [9.17, 15) is 4.79 Å². The van der Waals surface area contributed by atoms with Gasteiger partial charge in [-0.15, -0.1) is 6.58 Å². The molecule has 1 aromatic rings. The predicted molar refractivity (Wildman–Crippen MR) is 52.1 cm³/mol. The number of nitrogens with zero attached hydrogens (tertiary/aromatic N) is 2. The predicted octanol–water partition coefficient (Wildman–Crippen LogP) is 2.32. The van der Waals surface area contributed by atoms with E-state index in [1.807, 2.05) is 6.92 Å². The molecule has 0 atom stereocenters. The second kappa shape index (κ2) is 4.23. The van der Waals surface area contributed by atoms with Gasteiger partial charge in [0.25, 0.3) is 0 Å². The largest absolute Gasteiger partial charge is 0.292 e. The zero-order chi connectivity index (χ0) is 9.84. The molecule has 1 rings (SSSR count). The van der Waals surface area contributed by atoms with Crippen LogP contribution in [0.25, 0.3) is 0 Å². The van der Waals surface area contributed by atoms with Crippen molar-refractivity contribution in [3.8, 4) is 0 Å². The number of halogens is 1. The van der Waals surface area contributed by atoms with Crippen molar-refractivity contribution in [2.45, 2.75) is 19.9 Å². The molecule has 0 aliphatic rings. The first kappa shape index (κ1) is 9.99. The number of hydrogen-bond donors (Lipinski definition) is 0. The number of carbonyl (C=O) groups excluding carboxylic acids is 1. The van der Waals surface area contributed by atoms with Crippen molar-refractivity contribution in [2.75, 3.05) is 0 Å². The minimum absolute atomic E-state index is 0.0423. The van der Waals surface area contributed by atoms with E-state index in [1.54, 1.807) is 10.8 Å². The van der Waals surface area contributed by atoms with E-state index in [4.69, 9.17) is 11.6 Å². The fourth-order valence-corrected chi connectivity index (χ4v) is 1.35. The van der Waals surface area contributed by atoms with Gasteiger partial charge in [-0.1, -0.05) is 17.7 Å². The average molecular weight is 199 g/mol. The van der Waals surface area contributed by atoms with Gasteiger partial charge in [0.1, 0.15) is 5.69 Å². The van der Waals surface area contributed by atoms with E-state index in [0.29, 0.717) is 23.7 Å². The Kier molecular flexibility index (Phi) is 3.25. The second-order valence-electron chi connectivity index (χ2n) is 2.57.